The van der Waals surface area contributed by atoms with Crippen molar-refractivity contribution >= 4 is 39.1 Å². The first kappa shape index (κ1) is 24.8. The first-order valence-corrected chi connectivity index (χ1v) is 11.3. The molecule has 0 aromatic heterocycles. The lowest BCUT2D eigenvalue weighted by Crippen LogP contribution is -2.40. The summed E-state index contributed by atoms with van der Waals surface area (Å²) in [6, 6.07) is 10.8. The Hall–Kier alpha value is -2.46. The smallest absolute Gasteiger partial charge is 0.242 e. The van der Waals surface area contributed by atoms with Crippen molar-refractivity contribution < 1.29 is 18.0 Å². The molecule has 0 radical (unpaired) electrons. The van der Waals surface area contributed by atoms with E-state index in [-0.39, 0.29) is 23.3 Å². The Balaban J connectivity index is 2.20. The highest BCUT2D eigenvalue weighted by Gasteiger charge is 2.26. The summed E-state index contributed by atoms with van der Waals surface area (Å²) in [6.45, 7) is 1.60. The molecule has 0 spiro atoms. The Morgan fingerprint density at radius 1 is 1.06 bits per heavy atom. The zero-order valence-electron chi connectivity index (χ0n) is 18.1. The van der Waals surface area contributed by atoms with Crippen LogP contribution in [0.25, 0.3) is 0 Å². The molecule has 31 heavy (non-hydrogen) atoms. The molecule has 2 amide bonds. The van der Waals surface area contributed by atoms with E-state index in [1.807, 2.05) is 0 Å². The van der Waals surface area contributed by atoms with Crippen LogP contribution in [-0.4, -0.2) is 64.2 Å². The van der Waals surface area contributed by atoms with Gasteiger partial charge in [-0.1, -0.05) is 29.8 Å². The number of nitrogens with zero attached hydrogens (tertiary/aromatic N) is 2. The molecule has 0 aliphatic rings. The van der Waals surface area contributed by atoms with Gasteiger partial charge in [0.05, 0.1) is 11.4 Å². The molecule has 0 fully saturated rings. The van der Waals surface area contributed by atoms with Gasteiger partial charge in [-0.25, -0.2) is 12.7 Å². The minimum atomic E-state index is -3.65. The van der Waals surface area contributed by atoms with Gasteiger partial charge in [0.25, 0.3) is 0 Å². The second-order valence-electron chi connectivity index (χ2n) is 7.30. The lowest BCUT2D eigenvalue weighted by atomic mass is 10.0. The Morgan fingerprint density at radius 3 is 2.23 bits per heavy atom. The highest BCUT2D eigenvalue weighted by atomic mass is 35.5. The van der Waals surface area contributed by atoms with E-state index in [0.717, 1.165) is 4.31 Å². The van der Waals surface area contributed by atoms with E-state index >= 15 is 0 Å². The summed E-state index contributed by atoms with van der Waals surface area (Å²) in [5.74, 6) is -0.658. The highest BCUT2D eigenvalue weighted by molar-refractivity contribution is 7.89. The van der Waals surface area contributed by atoms with Crippen LogP contribution in [-0.2, 0) is 19.6 Å². The number of amides is 2. The van der Waals surface area contributed by atoms with Gasteiger partial charge >= 0.3 is 0 Å². The van der Waals surface area contributed by atoms with Gasteiger partial charge in [-0.3, -0.25) is 14.5 Å². The predicted molar refractivity (Wildman–Crippen MR) is 122 cm³/mol. The Kier molecular flexibility index (Phi) is 8.19. The lowest BCUT2D eigenvalue weighted by molar-refractivity contribution is -0.126. The van der Waals surface area contributed by atoms with Crippen LogP contribution in [0.2, 0.25) is 5.02 Å². The van der Waals surface area contributed by atoms with Gasteiger partial charge in [0.1, 0.15) is 6.04 Å². The summed E-state index contributed by atoms with van der Waals surface area (Å²) in [7, 11) is 2.43. The SMILES string of the molecule is CNC(=O)C(c1ccc(Cl)cc1)N(C)CC(=O)Nc1ccc(C)c(S(=O)(=O)N(C)C)c1. The van der Waals surface area contributed by atoms with E-state index in [2.05, 4.69) is 10.6 Å². The molecule has 0 saturated heterocycles. The summed E-state index contributed by atoms with van der Waals surface area (Å²) in [5.41, 5.74) is 1.62. The summed E-state index contributed by atoms with van der Waals surface area (Å²) in [4.78, 5) is 26.8. The molecule has 0 saturated carbocycles. The van der Waals surface area contributed by atoms with Gasteiger partial charge < -0.3 is 10.6 Å². The average Bonchev–Trinajstić information content (AvgIpc) is 2.70. The second-order valence-corrected chi connectivity index (χ2v) is 9.86. The van der Waals surface area contributed by atoms with Gasteiger partial charge in [-0.2, -0.15) is 0 Å². The molecular formula is C21H27ClN4O4S. The Bertz CT molecular complexity index is 1060. The van der Waals surface area contributed by atoms with E-state index in [9.17, 15) is 18.0 Å². The molecule has 0 heterocycles. The molecule has 8 nitrogen and oxygen atoms in total. The third-order valence-electron chi connectivity index (χ3n) is 4.74. The van der Waals surface area contributed by atoms with Crippen molar-refractivity contribution in [1.82, 2.24) is 14.5 Å². The minimum absolute atomic E-state index is 0.0929. The molecule has 2 aromatic carbocycles. The van der Waals surface area contributed by atoms with Gasteiger partial charge in [0, 0.05) is 31.9 Å². The van der Waals surface area contributed by atoms with E-state index < -0.39 is 16.1 Å². The van der Waals surface area contributed by atoms with E-state index in [4.69, 9.17) is 11.6 Å². The molecule has 0 bridgehead atoms. The molecular weight excluding hydrogens is 440 g/mol. The van der Waals surface area contributed by atoms with Gasteiger partial charge in [-0.05, 0) is 49.4 Å². The highest BCUT2D eigenvalue weighted by Crippen LogP contribution is 2.24. The quantitative estimate of drug-likeness (QED) is 0.621. The van der Waals surface area contributed by atoms with Crippen LogP contribution in [0.3, 0.4) is 0 Å². The monoisotopic (exact) mass is 466 g/mol. The van der Waals surface area contributed by atoms with Crippen LogP contribution in [0.15, 0.2) is 47.4 Å². The van der Waals surface area contributed by atoms with Crippen molar-refractivity contribution in [2.24, 2.45) is 0 Å². The molecule has 2 rings (SSSR count). The maximum absolute atomic E-state index is 12.6. The van der Waals surface area contributed by atoms with Crippen LogP contribution in [0.4, 0.5) is 5.69 Å². The van der Waals surface area contributed by atoms with Crippen molar-refractivity contribution in [2.45, 2.75) is 17.9 Å². The molecule has 1 atom stereocenters. The third-order valence-corrected chi connectivity index (χ3v) is 6.95. The minimum Gasteiger partial charge on any atom is -0.358 e. The number of aryl methyl sites for hydroxylation is 1. The molecule has 2 N–H and O–H groups in total. The molecule has 2 aromatic rings. The lowest BCUT2D eigenvalue weighted by Gasteiger charge is -2.26. The maximum atomic E-state index is 12.6. The number of nitrogens with one attached hydrogen (secondary N) is 2. The van der Waals surface area contributed by atoms with Crippen LogP contribution >= 0.6 is 11.6 Å². The Labute approximate surface area is 188 Å². The topological polar surface area (TPSA) is 98.8 Å². The van der Waals surface area contributed by atoms with E-state index in [1.165, 1.54) is 27.2 Å². The number of likely N-dealkylation sites (N-methyl/N-ethyl adjacent to an activating group) is 2. The fourth-order valence-corrected chi connectivity index (χ4v) is 4.33. The van der Waals surface area contributed by atoms with Gasteiger partial charge in [0.2, 0.25) is 21.8 Å². The first-order chi connectivity index (χ1) is 14.5. The number of carbonyl (C=O) groups excluding carboxylic acids is 2. The number of hydrogen-bond donors (Lipinski definition) is 2. The second kappa shape index (κ2) is 10.2. The van der Waals surface area contributed by atoms with Crippen molar-refractivity contribution in [3.05, 3.63) is 58.6 Å². The predicted octanol–water partition coefficient (Wildman–Crippen LogP) is 2.26. The van der Waals surface area contributed by atoms with Crippen LogP contribution < -0.4 is 10.6 Å². The average molecular weight is 467 g/mol. The summed E-state index contributed by atoms with van der Waals surface area (Å²) in [5, 5.41) is 5.86. The summed E-state index contributed by atoms with van der Waals surface area (Å²) < 4.78 is 26.1. The number of sulfonamides is 1. The fourth-order valence-electron chi connectivity index (χ4n) is 3.06. The summed E-state index contributed by atoms with van der Waals surface area (Å²) >= 11 is 5.94. The summed E-state index contributed by atoms with van der Waals surface area (Å²) in [6.07, 6.45) is 0. The maximum Gasteiger partial charge on any atom is 0.242 e. The number of benzene rings is 2. The van der Waals surface area contributed by atoms with Gasteiger partial charge in [-0.15, -0.1) is 0 Å². The zero-order valence-corrected chi connectivity index (χ0v) is 19.7. The zero-order chi connectivity index (χ0) is 23.3. The number of rotatable bonds is 8. The van der Waals surface area contributed by atoms with Crippen molar-refractivity contribution in [3.63, 3.8) is 0 Å². The number of halogens is 1. The normalized spacial score (nSPS) is 12.6. The van der Waals surface area contributed by atoms with Crippen LogP contribution in [0, 0.1) is 6.92 Å². The molecule has 0 aliphatic heterocycles. The van der Waals surface area contributed by atoms with Gasteiger partial charge in [0.15, 0.2) is 0 Å². The fraction of sp³-hybridized carbons (Fsp3) is 0.333. The van der Waals surface area contributed by atoms with Crippen molar-refractivity contribution in [1.29, 1.82) is 0 Å². The van der Waals surface area contributed by atoms with E-state index in [1.54, 1.807) is 55.3 Å². The van der Waals surface area contributed by atoms with E-state index in [0.29, 0.717) is 21.8 Å². The third kappa shape index (κ3) is 6.04. The molecule has 0 aliphatic carbocycles. The molecule has 168 valence electrons. The standard InChI is InChI=1S/C21H27ClN4O4S/c1-14-6-11-17(12-18(14)31(29,30)25(3)4)24-19(27)13-26(5)20(21(28)23-2)15-7-9-16(22)10-8-15/h6-12,20H,13H2,1-5H3,(H,23,28)(H,24,27). The van der Waals surface area contributed by atoms with Crippen molar-refractivity contribution in [3.8, 4) is 0 Å². The van der Waals surface area contributed by atoms with Crippen molar-refractivity contribution in [2.75, 3.05) is 40.1 Å². The molecule has 1 unspecified atom stereocenters. The Morgan fingerprint density at radius 2 is 1.68 bits per heavy atom. The number of carbonyl (C=O) groups is 2. The first-order valence-electron chi connectivity index (χ1n) is 9.47. The molecule has 10 heteroatoms. The van der Waals surface area contributed by atoms with Crippen LogP contribution in [0.1, 0.15) is 17.2 Å². The number of hydrogen-bond acceptors (Lipinski definition) is 5. The van der Waals surface area contributed by atoms with Crippen LogP contribution in [0.5, 0.6) is 0 Å². The largest absolute Gasteiger partial charge is 0.358 e. The number of anilines is 1.